The van der Waals surface area contributed by atoms with Crippen molar-refractivity contribution in [1.82, 2.24) is 4.90 Å². The number of hydrogen-bond acceptors (Lipinski definition) is 1. The maximum Gasteiger partial charge on any atom is 0.259 e. The van der Waals surface area contributed by atoms with Gasteiger partial charge in [-0.05, 0) is 30.5 Å². The Kier molecular flexibility index (Phi) is 4.40. The summed E-state index contributed by atoms with van der Waals surface area (Å²) in [7, 11) is 0. The molecule has 0 aliphatic carbocycles. The fourth-order valence-corrected chi connectivity index (χ4v) is 3.56. The van der Waals surface area contributed by atoms with Crippen LogP contribution in [0.25, 0.3) is 5.70 Å². The molecule has 0 spiro atoms. The highest BCUT2D eigenvalue weighted by molar-refractivity contribution is 6.09. The summed E-state index contributed by atoms with van der Waals surface area (Å²) in [6, 6.07) is 28.4. The van der Waals surface area contributed by atoms with Crippen LogP contribution in [0.5, 0.6) is 0 Å². The van der Waals surface area contributed by atoms with Gasteiger partial charge in [-0.3, -0.25) is 4.79 Å². The minimum absolute atomic E-state index is 0.0156. The van der Waals surface area contributed by atoms with E-state index in [1.807, 2.05) is 65.6 Å². The highest BCUT2D eigenvalue weighted by Crippen LogP contribution is 2.39. The molecular formula is C24H21NO. The molecule has 0 radical (unpaired) electrons. The fraction of sp³-hybridized carbons (Fsp3) is 0.125. The minimum atomic E-state index is -0.0156. The normalized spacial score (nSPS) is 16.0. The Labute approximate surface area is 154 Å². The zero-order chi connectivity index (χ0) is 17.9. The number of nitrogens with zero attached hydrogens (tertiary/aromatic N) is 1. The number of carbonyl (C=O) groups is 1. The van der Waals surface area contributed by atoms with Crippen LogP contribution >= 0.6 is 0 Å². The van der Waals surface area contributed by atoms with E-state index >= 15 is 0 Å². The Bertz CT molecular complexity index is 944. The molecule has 0 N–H and O–H groups in total. The van der Waals surface area contributed by atoms with Gasteiger partial charge in [-0.25, -0.2) is 0 Å². The lowest BCUT2D eigenvalue weighted by Crippen LogP contribution is -2.26. The first-order chi connectivity index (χ1) is 12.8. The second-order valence-corrected chi connectivity index (χ2v) is 6.59. The van der Waals surface area contributed by atoms with Crippen LogP contribution < -0.4 is 0 Å². The van der Waals surface area contributed by atoms with E-state index in [0.29, 0.717) is 0 Å². The first-order valence-electron chi connectivity index (χ1n) is 8.97. The Morgan fingerprint density at radius 2 is 1.38 bits per heavy atom. The molecule has 2 heteroatoms. The van der Waals surface area contributed by atoms with Crippen LogP contribution in [0, 0.1) is 0 Å². The average Bonchev–Trinajstić information content (AvgIpc) is 2.99. The van der Waals surface area contributed by atoms with Crippen LogP contribution in [0.1, 0.15) is 40.0 Å². The molecule has 3 aromatic rings. The number of amides is 1. The van der Waals surface area contributed by atoms with E-state index in [9.17, 15) is 4.79 Å². The molecule has 0 saturated carbocycles. The molecule has 128 valence electrons. The lowest BCUT2D eigenvalue weighted by Gasteiger charge is -2.26. The van der Waals surface area contributed by atoms with Crippen LogP contribution in [0.2, 0.25) is 0 Å². The van der Waals surface area contributed by atoms with Gasteiger partial charge in [0.2, 0.25) is 0 Å². The molecule has 0 unspecified atom stereocenters. The predicted molar refractivity (Wildman–Crippen MR) is 106 cm³/mol. The summed E-state index contributed by atoms with van der Waals surface area (Å²) in [4.78, 5) is 15.1. The molecule has 1 atom stereocenters. The highest BCUT2D eigenvalue weighted by atomic mass is 16.2. The van der Waals surface area contributed by atoms with Crippen molar-refractivity contribution >= 4 is 11.6 Å². The molecule has 0 saturated heterocycles. The molecule has 0 fully saturated rings. The van der Waals surface area contributed by atoms with Gasteiger partial charge in [0.15, 0.2) is 0 Å². The van der Waals surface area contributed by atoms with Crippen molar-refractivity contribution in [3.8, 4) is 0 Å². The third kappa shape index (κ3) is 2.95. The standard InChI is InChI=1S/C24H21NO/c1-18(20-12-6-3-7-13-20)25-23(17-16-19-10-4-2-5-11-19)21-14-8-9-15-22(21)24(25)26/h2-15,17-18H,16H2,1H3/b23-17-/t18-/m0/s1. The molecule has 0 bridgehead atoms. The second kappa shape index (κ2) is 7.01. The molecule has 4 rings (SSSR count). The van der Waals surface area contributed by atoms with Crippen LogP contribution in [0.3, 0.4) is 0 Å². The summed E-state index contributed by atoms with van der Waals surface area (Å²) in [6.07, 6.45) is 2.98. The number of benzene rings is 3. The SMILES string of the molecule is C[C@@H](c1ccccc1)N1C(=O)c2ccccc2/C1=C/Cc1ccccc1. The summed E-state index contributed by atoms with van der Waals surface area (Å²) in [6.45, 7) is 2.09. The monoisotopic (exact) mass is 339 g/mol. The first kappa shape index (κ1) is 16.3. The Hall–Kier alpha value is -3.13. The molecule has 1 aliphatic heterocycles. The van der Waals surface area contributed by atoms with Crippen LogP contribution in [0.15, 0.2) is 91.0 Å². The van der Waals surface area contributed by atoms with Crippen molar-refractivity contribution in [3.63, 3.8) is 0 Å². The maximum atomic E-state index is 13.1. The number of carbonyl (C=O) groups excluding carboxylic acids is 1. The van der Waals surface area contributed by atoms with Crippen LogP contribution in [0.4, 0.5) is 0 Å². The van der Waals surface area contributed by atoms with Gasteiger partial charge < -0.3 is 4.90 Å². The summed E-state index contributed by atoms with van der Waals surface area (Å²) < 4.78 is 0. The molecule has 0 aromatic heterocycles. The van der Waals surface area contributed by atoms with E-state index in [-0.39, 0.29) is 11.9 Å². The summed E-state index contributed by atoms with van der Waals surface area (Å²) in [5.41, 5.74) is 5.19. The quantitative estimate of drug-likeness (QED) is 0.616. The fourth-order valence-electron chi connectivity index (χ4n) is 3.56. The Morgan fingerprint density at radius 1 is 0.808 bits per heavy atom. The first-order valence-corrected chi connectivity index (χ1v) is 8.97. The average molecular weight is 339 g/mol. The molecule has 3 aromatic carbocycles. The van der Waals surface area contributed by atoms with Crippen LogP contribution in [-0.2, 0) is 6.42 Å². The maximum absolute atomic E-state index is 13.1. The van der Waals surface area contributed by atoms with Gasteiger partial charge in [-0.15, -0.1) is 0 Å². The molecule has 1 heterocycles. The Morgan fingerprint density at radius 3 is 2.08 bits per heavy atom. The van der Waals surface area contributed by atoms with E-state index in [0.717, 1.165) is 28.8 Å². The largest absolute Gasteiger partial charge is 0.301 e. The van der Waals surface area contributed by atoms with E-state index in [1.165, 1.54) is 5.56 Å². The molecule has 1 aliphatic rings. The van der Waals surface area contributed by atoms with Gasteiger partial charge in [0.1, 0.15) is 0 Å². The molecular weight excluding hydrogens is 318 g/mol. The topological polar surface area (TPSA) is 20.3 Å². The van der Waals surface area contributed by atoms with Crippen molar-refractivity contribution in [3.05, 3.63) is 113 Å². The van der Waals surface area contributed by atoms with Crippen molar-refractivity contribution in [2.24, 2.45) is 0 Å². The second-order valence-electron chi connectivity index (χ2n) is 6.59. The zero-order valence-corrected chi connectivity index (χ0v) is 14.8. The predicted octanol–water partition coefficient (Wildman–Crippen LogP) is 5.49. The lowest BCUT2D eigenvalue weighted by molar-refractivity contribution is 0.0811. The Balaban J connectivity index is 1.75. The van der Waals surface area contributed by atoms with Gasteiger partial charge in [-0.2, -0.15) is 0 Å². The van der Waals surface area contributed by atoms with Gasteiger partial charge >= 0.3 is 0 Å². The smallest absolute Gasteiger partial charge is 0.259 e. The van der Waals surface area contributed by atoms with Gasteiger partial charge in [-0.1, -0.05) is 84.9 Å². The number of fused-ring (bicyclic) bond motifs is 1. The van der Waals surface area contributed by atoms with E-state index in [2.05, 4.69) is 37.3 Å². The van der Waals surface area contributed by atoms with Crippen LogP contribution in [-0.4, -0.2) is 10.8 Å². The summed E-state index contributed by atoms with van der Waals surface area (Å²) in [5, 5.41) is 0. The van der Waals surface area contributed by atoms with Crippen molar-refractivity contribution < 1.29 is 4.79 Å². The summed E-state index contributed by atoms with van der Waals surface area (Å²) in [5.74, 6) is 0.0799. The van der Waals surface area contributed by atoms with Gasteiger partial charge in [0, 0.05) is 16.8 Å². The number of rotatable bonds is 4. The number of hydrogen-bond donors (Lipinski definition) is 0. The lowest BCUT2D eigenvalue weighted by atomic mass is 10.0. The third-order valence-electron chi connectivity index (χ3n) is 4.95. The van der Waals surface area contributed by atoms with E-state index in [1.54, 1.807) is 0 Å². The molecule has 1 amide bonds. The van der Waals surface area contributed by atoms with Crippen molar-refractivity contribution in [1.29, 1.82) is 0 Å². The van der Waals surface area contributed by atoms with E-state index in [4.69, 9.17) is 0 Å². The molecule has 26 heavy (non-hydrogen) atoms. The van der Waals surface area contributed by atoms with Crippen molar-refractivity contribution in [2.75, 3.05) is 0 Å². The van der Waals surface area contributed by atoms with Gasteiger partial charge in [0.25, 0.3) is 5.91 Å². The zero-order valence-electron chi connectivity index (χ0n) is 14.8. The molecule has 2 nitrogen and oxygen atoms in total. The number of allylic oxidation sites excluding steroid dienone is 1. The van der Waals surface area contributed by atoms with E-state index < -0.39 is 0 Å². The minimum Gasteiger partial charge on any atom is -0.301 e. The van der Waals surface area contributed by atoms with Gasteiger partial charge in [0.05, 0.1) is 6.04 Å². The summed E-state index contributed by atoms with van der Waals surface area (Å²) >= 11 is 0. The van der Waals surface area contributed by atoms with Crippen molar-refractivity contribution in [2.45, 2.75) is 19.4 Å². The highest BCUT2D eigenvalue weighted by Gasteiger charge is 2.35. The third-order valence-corrected chi connectivity index (χ3v) is 4.95.